The van der Waals surface area contributed by atoms with Gasteiger partial charge in [-0.2, -0.15) is 10.4 Å². The van der Waals surface area contributed by atoms with Gasteiger partial charge >= 0.3 is 0 Å². The van der Waals surface area contributed by atoms with E-state index in [0.717, 1.165) is 25.0 Å². The molecule has 1 aliphatic rings. The van der Waals surface area contributed by atoms with Gasteiger partial charge in [0.2, 0.25) is 0 Å². The number of hydrogen-bond acceptors (Lipinski definition) is 3. The summed E-state index contributed by atoms with van der Waals surface area (Å²) in [6, 6.07) is 4.01. The molecule has 1 aromatic heterocycles. The van der Waals surface area contributed by atoms with Crippen molar-refractivity contribution in [2.24, 2.45) is 12.5 Å². The van der Waals surface area contributed by atoms with E-state index in [9.17, 15) is 5.11 Å². The minimum atomic E-state index is -0.700. The Hall–Kier alpha value is -1.34. The fourth-order valence-electron chi connectivity index (χ4n) is 1.94. The molecule has 0 spiro atoms. The van der Waals surface area contributed by atoms with Crippen molar-refractivity contribution >= 4 is 0 Å². The van der Waals surface area contributed by atoms with Gasteiger partial charge in [0.25, 0.3) is 0 Å². The van der Waals surface area contributed by atoms with Crippen LogP contribution in [0.3, 0.4) is 0 Å². The van der Waals surface area contributed by atoms with E-state index in [1.165, 1.54) is 0 Å². The molecule has 4 heteroatoms. The Bertz CT molecular complexity index is 373. The smallest absolute Gasteiger partial charge is 0.114 e. The van der Waals surface area contributed by atoms with Crippen LogP contribution in [-0.4, -0.2) is 14.9 Å². The van der Waals surface area contributed by atoms with Crippen LogP contribution in [-0.2, 0) is 7.05 Å². The van der Waals surface area contributed by atoms with Gasteiger partial charge in [-0.3, -0.25) is 4.68 Å². The number of nitriles is 1. The first-order chi connectivity index (χ1) is 6.69. The predicted molar refractivity (Wildman–Crippen MR) is 50.1 cm³/mol. The third-order valence-electron chi connectivity index (χ3n) is 3.13. The van der Waals surface area contributed by atoms with Crippen molar-refractivity contribution in [3.63, 3.8) is 0 Å². The van der Waals surface area contributed by atoms with Gasteiger partial charge in [0.05, 0.1) is 17.2 Å². The maximum Gasteiger partial charge on any atom is 0.114 e. The van der Waals surface area contributed by atoms with Crippen molar-refractivity contribution in [2.75, 3.05) is 0 Å². The molecule has 0 amide bonds. The second-order valence-electron chi connectivity index (χ2n) is 3.90. The van der Waals surface area contributed by atoms with Crippen LogP contribution >= 0.6 is 0 Å². The van der Waals surface area contributed by atoms with E-state index in [1.54, 1.807) is 24.0 Å². The standard InChI is InChI=1S/C10H13N3O/c1-13-8(3-6-12-13)9(14)10(7-11)4-2-5-10/h3,6,9,14H,2,4-5H2,1H3. The molecule has 74 valence electrons. The number of aliphatic hydroxyl groups excluding tert-OH is 1. The lowest BCUT2D eigenvalue weighted by molar-refractivity contribution is 0.00259. The van der Waals surface area contributed by atoms with Gasteiger partial charge in [-0.1, -0.05) is 6.42 Å². The first kappa shape index (κ1) is 9.22. The Morgan fingerprint density at radius 2 is 2.43 bits per heavy atom. The Morgan fingerprint density at radius 1 is 1.71 bits per heavy atom. The molecular formula is C10H13N3O. The minimum Gasteiger partial charge on any atom is -0.385 e. The van der Waals surface area contributed by atoms with E-state index in [0.29, 0.717) is 0 Å². The monoisotopic (exact) mass is 191 g/mol. The fourth-order valence-corrected chi connectivity index (χ4v) is 1.94. The third kappa shape index (κ3) is 1.13. The van der Waals surface area contributed by atoms with Crippen LogP contribution in [0, 0.1) is 16.7 Å². The molecule has 4 nitrogen and oxygen atoms in total. The van der Waals surface area contributed by atoms with Crippen LogP contribution < -0.4 is 0 Å². The average molecular weight is 191 g/mol. The molecule has 1 aromatic rings. The highest BCUT2D eigenvalue weighted by atomic mass is 16.3. The average Bonchev–Trinajstić information content (AvgIpc) is 2.50. The zero-order valence-electron chi connectivity index (χ0n) is 8.14. The highest BCUT2D eigenvalue weighted by Crippen LogP contribution is 2.49. The van der Waals surface area contributed by atoms with Crippen molar-refractivity contribution in [3.8, 4) is 6.07 Å². The summed E-state index contributed by atoms with van der Waals surface area (Å²) >= 11 is 0. The largest absolute Gasteiger partial charge is 0.385 e. The Labute approximate surface area is 82.8 Å². The number of hydrogen-bond donors (Lipinski definition) is 1. The van der Waals surface area contributed by atoms with Crippen LogP contribution in [0.1, 0.15) is 31.1 Å². The van der Waals surface area contributed by atoms with Gasteiger partial charge in [-0.15, -0.1) is 0 Å². The topological polar surface area (TPSA) is 61.8 Å². The second kappa shape index (κ2) is 3.10. The number of rotatable bonds is 2. The highest BCUT2D eigenvalue weighted by molar-refractivity contribution is 5.18. The molecule has 1 aliphatic carbocycles. The highest BCUT2D eigenvalue weighted by Gasteiger charge is 2.45. The van der Waals surface area contributed by atoms with Crippen LogP contribution in [0.4, 0.5) is 0 Å². The molecule has 2 rings (SSSR count). The molecule has 1 atom stereocenters. The first-order valence-electron chi connectivity index (χ1n) is 4.77. The van der Waals surface area contributed by atoms with E-state index in [-0.39, 0.29) is 0 Å². The van der Waals surface area contributed by atoms with Gasteiger partial charge in [-0.25, -0.2) is 0 Å². The van der Waals surface area contributed by atoms with Crippen molar-refractivity contribution in [1.82, 2.24) is 9.78 Å². The summed E-state index contributed by atoms with van der Waals surface area (Å²) < 4.78 is 1.63. The minimum absolute atomic E-state index is 0.562. The zero-order valence-corrected chi connectivity index (χ0v) is 8.14. The number of nitrogens with zero attached hydrogens (tertiary/aromatic N) is 3. The normalized spacial score (nSPS) is 20.9. The Morgan fingerprint density at radius 3 is 2.79 bits per heavy atom. The molecule has 0 bridgehead atoms. The second-order valence-corrected chi connectivity index (χ2v) is 3.90. The third-order valence-corrected chi connectivity index (χ3v) is 3.13. The summed E-state index contributed by atoms with van der Waals surface area (Å²) in [7, 11) is 1.78. The molecule has 14 heavy (non-hydrogen) atoms. The van der Waals surface area contributed by atoms with E-state index in [1.807, 2.05) is 0 Å². The van der Waals surface area contributed by atoms with Crippen molar-refractivity contribution in [1.29, 1.82) is 5.26 Å². The molecule has 1 unspecified atom stereocenters. The van der Waals surface area contributed by atoms with E-state index in [4.69, 9.17) is 5.26 Å². The summed E-state index contributed by atoms with van der Waals surface area (Å²) in [4.78, 5) is 0. The van der Waals surface area contributed by atoms with Crippen molar-refractivity contribution < 1.29 is 5.11 Å². The van der Waals surface area contributed by atoms with Crippen molar-refractivity contribution in [3.05, 3.63) is 18.0 Å². The van der Waals surface area contributed by atoms with E-state index in [2.05, 4.69) is 11.2 Å². The Balaban J connectivity index is 2.28. The molecule has 0 saturated heterocycles. The van der Waals surface area contributed by atoms with Crippen LogP contribution in [0.5, 0.6) is 0 Å². The number of aliphatic hydroxyl groups is 1. The summed E-state index contributed by atoms with van der Waals surface area (Å²) in [5.41, 5.74) is 0.166. The van der Waals surface area contributed by atoms with Crippen molar-refractivity contribution in [2.45, 2.75) is 25.4 Å². The molecule has 1 N–H and O–H groups in total. The van der Waals surface area contributed by atoms with E-state index >= 15 is 0 Å². The molecular weight excluding hydrogens is 178 g/mol. The maximum atomic E-state index is 10.1. The molecule has 0 aliphatic heterocycles. The van der Waals surface area contributed by atoms with Gasteiger partial charge < -0.3 is 5.11 Å². The Kier molecular flexibility index (Phi) is 2.05. The summed E-state index contributed by atoms with van der Waals surface area (Å²) in [5, 5.41) is 23.1. The van der Waals surface area contributed by atoms with E-state index < -0.39 is 11.5 Å². The van der Waals surface area contributed by atoms with Crippen LogP contribution in [0.2, 0.25) is 0 Å². The lowest BCUT2D eigenvalue weighted by Gasteiger charge is -2.39. The lowest BCUT2D eigenvalue weighted by Crippen LogP contribution is -2.35. The predicted octanol–water partition coefficient (Wildman–Crippen LogP) is 1.15. The first-order valence-corrected chi connectivity index (χ1v) is 4.77. The number of aryl methyl sites for hydroxylation is 1. The SMILES string of the molecule is Cn1nccc1C(O)C1(C#N)CCC1. The van der Waals surface area contributed by atoms with Gasteiger partial charge in [0.15, 0.2) is 0 Å². The molecule has 0 radical (unpaired) electrons. The number of aromatic nitrogens is 2. The van der Waals surface area contributed by atoms with Gasteiger partial charge in [0, 0.05) is 13.2 Å². The van der Waals surface area contributed by atoms with Crippen LogP contribution in [0.15, 0.2) is 12.3 Å². The zero-order chi connectivity index (χ0) is 10.2. The molecule has 0 aromatic carbocycles. The summed E-state index contributed by atoms with van der Waals surface area (Å²) in [6.45, 7) is 0. The fraction of sp³-hybridized carbons (Fsp3) is 0.600. The molecule has 1 heterocycles. The lowest BCUT2D eigenvalue weighted by atomic mass is 9.65. The maximum absolute atomic E-state index is 10.1. The van der Waals surface area contributed by atoms with Crippen LogP contribution in [0.25, 0.3) is 0 Å². The quantitative estimate of drug-likeness (QED) is 0.762. The molecule has 1 saturated carbocycles. The molecule has 1 fully saturated rings. The van der Waals surface area contributed by atoms with Gasteiger partial charge in [-0.05, 0) is 18.9 Å². The summed E-state index contributed by atoms with van der Waals surface area (Å²) in [5.74, 6) is 0. The summed E-state index contributed by atoms with van der Waals surface area (Å²) in [6.07, 6.45) is 3.55. The van der Waals surface area contributed by atoms with Gasteiger partial charge in [0.1, 0.15) is 6.10 Å².